The Kier molecular flexibility index (Phi) is 3.58. The minimum absolute atomic E-state index is 0.200. The molecular weight excluding hydrogens is 334 g/mol. The average Bonchev–Trinajstić information content (AvgIpc) is 2.86. The summed E-state index contributed by atoms with van der Waals surface area (Å²) in [5.41, 5.74) is 4.78. The van der Waals surface area contributed by atoms with Gasteiger partial charge in [-0.25, -0.2) is 9.78 Å². The Morgan fingerprint density at radius 2 is 2.04 bits per heavy atom. The van der Waals surface area contributed by atoms with Crippen LogP contribution in [0.5, 0.6) is 0 Å². The van der Waals surface area contributed by atoms with Crippen molar-refractivity contribution >= 4 is 24.4 Å². The molecule has 0 radical (unpaired) electrons. The van der Waals surface area contributed by atoms with Gasteiger partial charge in [0.05, 0.1) is 11.6 Å². The van der Waals surface area contributed by atoms with Gasteiger partial charge in [0.1, 0.15) is 4.64 Å². The normalized spacial score (nSPS) is 15.6. The number of rotatable bonds is 1. The van der Waals surface area contributed by atoms with Crippen LogP contribution >= 0.6 is 12.2 Å². The lowest BCUT2D eigenvalue weighted by Crippen LogP contribution is -2.22. The fourth-order valence-corrected chi connectivity index (χ4v) is 3.56. The highest BCUT2D eigenvalue weighted by Crippen LogP contribution is 2.39. The molecule has 3 aromatic rings. The smallest absolute Gasteiger partial charge is 0.326 e. The second-order valence-corrected chi connectivity index (χ2v) is 6.74. The summed E-state index contributed by atoms with van der Waals surface area (Å²) in [5.74, 6) is 1.13. The number of hydrogen-bond acceptors (Lipinski definition) is 4. The SMILES string of the molecule is Cc1ccc2c(c1)C=Cc1oc(C)nc1C2c1cn(C)c(=O)[nH]c1=S. The molecule has 0 spiro atoms. The van der Waals surface area contributed by atoms with E-state index in [4.69, 9.17) is 16.6 Å². The molecule has 0 amide bonds. The summed E-state index contributed by atoms with van der Waals surface area (Å²) in [5, 5.41) is 0. The monoisotopic (exact) mass is 351 g/mol. The molecule has 0 bridgehead atoms. The first-order valence-electron chi connectivity index (χ1n) is 8.00. The van der Waals surface area contributed by atoms with Gasteiger partial charge >= 0.3 is 5.69 Å². The maximum absolute atomic E-state index is 11.9. The van der Waals surface area contributed by atoms with Gasteiger partial charge in [-0.3, -0.25) is 4.98 Å². The zero-order valence-electron chi connectivity index (χ0n) is 14.2. The lowest BCUT2D eigenvalue weighted by Gasteiger charge is -2.18. The summed E-state index contributed by atoms with van der Waals surface area (Å²) in [6.45, 7) is 3.89. The largest absolute Gasteiger partial charge is 0.441 e. The van der Waals surface area contributed by atoms with Crippen molar-refractivity contribution < 1.29 is 4.42 Å². The number of H-pyrrole nitrogens is 1. The molecule has 1 aliphatic carbocycles. The molecule has 126 valence electrons. The highest BCUT2D eigenvalue weighted by atomic mass is 32.1. The van der Waals surface area contributed by atoms with Crippen molar-refractivity contribution in [3.8, 4) is 0 Å². The van der Waals surface area contributed by atoms with Crippen LogP contribution in [0.25, 0.3) is 12.2 Å². The number of nitrogens with zero attached hydrogens (tertiary/aromatic N) is 2. The minimum atomic E-state index is -0.235. The third kappa shape index (κ3) is 2.59. The number of aromatic nitrogens is 3. The zero-order valence-corrected chi connectivity index (χ0v) is 15.0. The highest BCUT2D eigenvalue weighted by Gasteiger charge is 2.29. The molecule has 0 saturated carbocycles. The Morgan fingerprint density at radius 1 is 1.24 bits per heavy atom. The van der Waals surface area contributed by atoms with Crippen LogP contribution in [0.3, 0.4) is 0 Å². The summed E-state index contributed by atoms with van der Waals surface area (Å²) in [6, 6.07) is 6.30. The first kappa shape index (κ1) is 15.8. The molecule has 6 heteroatoms. The highest BCUT2D eigenvalue weighted by molar-refractivity contribution is 7.71. The number of hydrogen-bond donors (Lipinski definition) is 1. The van der Waals surface area contributed by atoms with Crippen LogP contribution in [0.4, 0.5) is 0 Å². The van der Waals surface area contributed by atoms with E-state index in [0.29, 0.717) is 10.5 Å². The van der Waals surface area contributed by atoms with E-state index in [0.717, 1.165) is 28.1 Å². The van der Waals surface area contributed by atoms with Gasteiger partial charge in [0.2, 0.25) is 0 Å². The Balaban J connectivity index is 2.07. The number of benzene rings is 1. The second-order valence-electron chi connectivity index (χ2n) is 6.34. The third-order valence-electron chi connectivity index (χ3n) is 4.48. The molecule has 1 atom stereocenters. The maximum Gasteiger partial charge on any atom is 0.326 e. The van der Waals surface area contributed by atoms with Crippen molar-refractivity contribution in [1.29, 1.82) is 0 Å². The molecule has 1 unspecified atom stereocenters. The van der Waals surface area contributed by atoms with E-state index in [1.165, 1.54) is 10.1 Å². The van der Waals surface area contributed by atoms with Crippen LogP contribution in [0.2, 0.25) is 0 Å². The Bertz CT molecular complexity index is 1130. The molecule has 25 heavy (non-hydrogen) atoms. The van der Waals surface area contributed by atoms with Crippen LogP contribution in [-0.2, 0) is 7.05 Å². The van der Waals surface area contributed by atoms with E-state index >= 15 is 0 Å². The maximum atomic E-state index is 11.9. The molecule has 1 aliphatic rings. The first-order chi connectivity index (χ1) is 11.9. The molecule has 0 saturated heterocycles. The van der Waals surface area contributed by atoms with Crippen LogP contribution in [0.1, 0.15) is 45.5 Å². The topological polar surface area (TPSA) is 63.8 Å². The number of oxazole rings is 1. The molecule has 2 heterocycles. The van der Waals surface area contributed by atoms with Gasteiger partial charge in [-0.2, -0.15) is 0 Å². The summed E-state index contributed by atoms with van der Waals surface area (Å²) in [7, 11) is 1.71. The fraction of sp³-hybridized carbons (Fsp3) is 0.211. The van der Waals surface area contributed by atoms with Gasteiger partial charge in [-0.1, -0.05) is 42.1 Å². The van der Waals surface area contributed by atoms with Gasteiger partial charge in [-0.05, 0) is 24.1 Å². The van der Waals surface area contributed by atoms with Gasteiger partial charge in [0.25, 0.3) is 0 Å². The Labute approximate surface area is 149 Å². The lowest BCUT2D eigenvalue weighted by molar-refractivity contribution is 0.512. The third-order valence-corrected chi connectivity index (χ3v) is 4.81. The molecule has 1 aromatic carbocycles. The molecule has 2 aromatic heterocycles. The predicted molar refractivity (Wildman–Crippen MR) is 99.2 cm³/mol. The van der Waals surface area contributed by atoms with Crippen LogP contribution in [-0.4, -0.2) is 14.5 Å². The van der Waals surface area contributed by atoms with E-state index in [9.17, 15) is 4.79 Å². The number of aromatic amines is 1. The van der Waals surface area contributed by atoms with Crippen LogP contribution in [0, 0.1) is 18.5 Å². The Morgan fingerprint density at radius 3 is 2.84 bits per heavy atom. The quantitative estimate of drug-likeness (QED) is 0.531. The van der Waals surface area contributed by atoms with E-state index in [2.05, 4.69) is 35.1 Å². The van der Waals surface area contributed by atoms with E-state index in [1.807, 2.05) is 19.1 Å². The summed E-state index contributed by atoms with van der Waals surface area (Å²) < 4.78 is 7.71. The van der Waals surface area contributed by atoms with Gasteiger partial charge in [-0.15, -0.1) is 0 Å². The predicted octanol–water partition coefficient (Wildman–Crippen LogP) is 3.71. The second kappa shape index (κ2) is 5.67. The van der Waals surface area contributed by atoms with Crippen LogP contribution < -0.4 is 5.69 Å². The van der Waals surface area contributed by atoms with E-state index < -0.39 is 0 Å². The number of aryl methyl sites for hydroxylation is 3. The van der Waals surface area contributed by atoms with Gasteiger partial charge < -0.3 is 8.98 Å². The molecule has 0 fully saturated rings. The van der Waals surface area contributed by atoms with Crippen molar-refractivity contribution in [2.45, 2.75) is 19.8 Å². The van der Waals surface area contributed by atoms with Crippen molar-refractivity contribution in [1.82, 2.24) is 14.5 Å². The summed E-state index contributed by atoms with van der Waals surface area (Å²) in [6.07, 6.45) is 5.78. The van der Waals surface area contributed by atoms with E-state index in [-0.39, 0.29) is 11.6 Å². The first-order valence-corrected chi connectivity index (χ1v) is 8.40. The van der Waals surface area contributed by atoms with Gasteiger partial charge in [0.15, 0.2) is 11.7 Å². The summed E-state index contributed by atoms with van der Waals surface area (Å²) in [4.78, 5) is 19.2. The molecule has 5 nitrogen and oxygen atoms in total. The van der Waals surface area contributed by atoms with Crippen molar-refractivity contribution in [2.24, 2.45) is 7.05 Å². The van der Waals surface area contributed by atoms with Crippen molar-refractivity contribution in [3.63, 3.8) is 0 Å². The molecule has 4 rings (SSSR count). The molecule has 0 aliphatic heterocycles. The molecule has 1 N–H and O–H groups in total. The van der Waals surface area contributed by atoms with Crippen LogP contribution in [0.15, 0.2) is 33.6 Å². The fourth-order valence-electron chi connectivity index (χ4n) is 3.30. The summed E-state index contributed by atoms with van der Waals surface area (Å²) >= 11 is 5.47. The zero-order chi connectivity index (χ0) is 17.7. The standard InChI is InChI=1S/C19H17N3O2S/c1-10-4-6-13-12(8-10)5-7-15-17(20-11(2)24-15)16(13)14-9-22(3)19(23)21-18(14)25/h4-9,16H,1-3H3,(H,21,23,25). The number of fused-ring (bicyclic) bond motifs is 2. The van der Waals surface area contributed by atoms with Gasteiger partial charge in [0, 0.05) is 25.7 Å². The average molecular weight is 351 g/mol. The van der Waals surface area contributed by atoms with Crippen molar-refractivity contribution in [3.05, 3.63) is 79.1 Å². The molecular formula is C19H17N3O2S. The lowest BCUT2D eigenvalue weighted by atomic mass is 9.87. The minimum Gasteiger partial charge on any atom is -0.441 e. The van der Waals surface area contributed by atoms with E-state index in [1.54, 1.807) is 13.2 Å². The Hall–Kier alpha value is -2.73. The number of nitrogens with one attached hydrogen (secondary N) is 1. The van der Waals surface area contributed by atoms with Crippen molar-refractivity contribution in [2.75, 3.05) is 0 Å².